The van der Waals surface area contributed by atoms with Gasteiger partial charge in [-0.1, -0.05) is 37.0 Å². The van der Waals surface area contributed by atoms with Gasteiger partial charge >= 0.3 is 0 Å². The number of fused-ring (bicyclic) bond motifs is 2. The van der Waals surface area contributed by atoms with Crippen LogP contribution in [-0.2, 0) is 13.0 Å². The monoisotopic (exact) mass is 368 g/mol. The predicted molar refractivity (Wildman–Crippen MR) is 115 cm³/mol. The number of aryl methyl sites for hydroxylation is 1. The molecule has 0 bridgehead atoms. The molecule has 0 spiro atoms. The third-order valence-electron chi connectivity index (χ3n) is 5.42. The zero-order valence-electron chi connectivity index (χ0n) is 16.2. The molecule has 0 amide bonds. The van der Waals surface area contributed by atoms with Crippen LogP contribution >= 0.6 is 0 Å². The summed E-state index contributed by atoms with van der Waals surface area (Å²) in [7, 11) is 0. The number of benzene rings is 2. The fourth-order valence-electron chi connectivity index (χ4n) is 3.91. The second-order valence-corrected chi connectivity index (χ2v) is 7.33. The molecule has 0 radical (unpaired) electrons. The average Bonchev–Trinajstić information content (AvgIpc) is 2.73. The van der Waals surface area contributed by atoms with E-state index in [2.05, 4.69) is 37.5 Å². The lowest BCUT2D eigenvalue weighted by molar-refractivity contribution is 0.429. The summed E-state index contributed by atoms with van der Waals surface area (Å²) >= 11 is 0. The summed E-state index contributed by atoms with van der Waals surface area (Å²) in [5.74, 6) is 7.62. The van der Waals surface area contributed by atoms with Gasteiger partial charge in [0.2, 0.25) is 0 Å². The molecule has 1 aliphatic rings. The molecule has 140 valence electrons. The fourth-order valence-corrected chi connectivity index (χ4v) is 3.91. The van der Waals surface area contributed by atoms with Crippen LogP contribution in [0, 0.1) is 11.8 Å². The number of allylic oxidation sites excluding steroid dienone is 1. The second-order valence-electron chi connectivity index (χ2n) is 7.33. The number of nitrogens with zero attached hydrogens (tertiary/aromatic N) is 2. The minimum absolute atomic E-state index is 0.0592. The quantitative estimate of drug-likeness (QED) is 0.491. The second kappa shape index (κ2) is 7.86. The van der Waals surface area contributed by atoms with Crippen LogP contribution < -0.4 is 5.56 Å². The molecule has 2 heterocycles. The van der Waals surface area contributed by atoms with Gasteiger partial charge in [-0.25, -0.2) is 4.98 Å². The van der Waals surface area contributed by atoms with Crippen LogP contribution in [0.4, 0.5) is 0 Å². The van der Waals surface area contributed by atoms with Crippen molar-refractivity contribution in [3.63, 3.8) is 0 Å². The maximum Gasteiger partial charge on any atom is 0.261 e. The van der Waals surface area contributed by atoms with Crippen molar-refractivity contribution < 1.29 is 0 Å². The Hall–Kier alpha value is -3.12. The van der Waals surface area contributed by atoms with Crippen LogP contribution in [-0.4, -0.2) is 9.55 Å². The Balaban J connectivity index is 1.76. The smallest absolute Gasteiger partial charge is 0.261 e. The average molecular weight is 368 g/mol. The first-order chi connectivity index (χ1) is 13.7. The topological polar surface area (TPSA) is 34.9 Å². The molecule has 1 atom stereocenters. The molecular formula is C25H24N2O. The third kappa shape index (κ3) is 3.51. The van der Waals surface area contributed by atoms with Gasteiger partial charge < -0.3 is 0 Å². The largest absolute Gasteiger partial charge is 0.296 e. The van der Waals surface area contributed by atoms with Crippen molar-refractivity contribution in [3.8, 4) is 11.8 Å². The van der Waals surface area contributed by atoms with Crippen LogP contribution in [0.1, 0.15) is 54.6 Å². The first kappa shape index (κ1) is 18.3. The first-order valence-corrected chi connectivity index (χ1v) is 9.96. The van der Waals surface area contributed by atoms with E-state index in [1.807, 2.05) is 41.0 Å². The van der Waals surface area contributed by atoms with E-state index in [1.165, 1.54) is 5.56 Å². The summed E-state index contributed by atoms with van der Waals surface area (Å²) in [5.41, 5.74) is 3.96. The molecular weight excluding hydrogens is 344 g/mol. The van der Waals surface area contributed by atoms with E-state index in [0.29, 0.717) is 5.39 Å². The lowest BCUT2D eigenvalue weighted by Crippen LogP contribution is -2.30. The highest BCUT2D eigenvalue weighted by molar-refractivity contribution is 5.79. The molecule has 4 rings (SSSR count). The van der Waals surface area contributed by atoms with Crippen LogP contribution in [0.15, 0.2) is 59.9 Å². The Kier molecular flexibility index (Phi) is 5.12. The van der Waals surface area contributed by atoms with E-state index in [-0.39, 0.29) is 11.5 Å². The predicted octanol–water partition coefficient (Wildman–Crippen LogP) is 4.81. The molecule has 3 heteroatoms. The molecule has 1 unspecified atom stereocenters. The minimum atomic E-state index is 0.0592. The lowest BCUT2D eigenvalue weighted by atomic mass is 9.94. The zero-order chi connectivity index (χ0) is 19.5. The molecule has 3 nitrogen and oxygen atoms in total. The van der Waals surface area contributed by atoms with Gasteiger partial charge in [-0.3, -0.25) is 9.36 Å². The minimum Gasteiger partial charge on any atom is -0.296 e. The van der Waals surface area contributed by atoms with Crippen molar-refractivity contribution in [1.29, 1.82) is 0 Å². The molecule has 0 N–H and O–H groups in total. The van der Waals surface area contributed by atoms with Gasteiger partial charge in [0, 0.05) is 23.6 Å². The number of rotatable bonds is 3. The number of hydrogen-bond acceptors (Lipinski definition) is 2. The van der Waals surface area contributed by atoms with E-state index in [1.54, 1.807) is 0 Å². The Labute approximate surface area is 165 Å². The Morgan fingerprint density at radius 2 is 2.04 bits per heavy atom. The molecule has 2 aromatic carbocycles. The molecule has 1 aromatic heterocycles. The fraction of sp³-hybridized carbons (Fsp3) is 0.280. The number of aromatic nitrogens is 2. The van der Waals surface area contributed by atoms with E-state index >= 15 is 0 Å². The third-order valence-corrected chi connectivity index (χ3v) is 5.42. The molecule has 0 fully saturated rings. The van der Waals surface area contributed by atoms with Crippen molar-refractivity contribution >= 4 is 10.9 Å². The maximum atomic E-state index is 12.9. The van der Waals surface area contributed by atoms with Gasteiger partial charge in [0.25, 0.3) is 5.56 Å². The SMILES string of the molecule is C=CCC1CCCn2c1nc1cc(C#Cc3cccc(CC)c3)ccc1c2=O. The molecule has 28 heavy (non-hydrogen) atoms. The highest BCUT2D eigenvalue weighted by atomic mass is 16.1. The van der Waals surface area contributed by atoms with Crippen molar-refractivity contribution in [2.24, 2.45) is 0 Å². The van der Waals surface area contributed by atoms with E-state index in [0.717, 1.165) is 54.7 Å². The van der Waals surface area contributed by atoms with Crippen LogP contribution in [0.3, 0.4) is 0 Å². The van der Waals surface area contributed by atoms with Crippen molar-refractivity contribution in [3.05, 3.63) is 88.0 Å². The van der Waals surface area contributed by atoms with E-state index < -0.39 is 0 Å². The van der Waals surface area contributed by atoms with Crippen molar-refractivity contribution in [2.45, 2.75) is 45.1 Å². The normalized spacial score (nSPS) is 15.5. The van der Waals surface area contributed by atoms with Gasteiger partial charge in [-0.15, -0.1) is 6.58 Å². The zero-order valence-corrected chi connectivity index (χ0v) is 16.2. The maximum absolute atomic E-state index is 12.9. The molecule has 0 saturated carbocycles. The summed E-state index contributed by atoms with van der Waals surface area (Å²) in [5, 5.41) is 0.668. The summed E-state index contributed by atoms with van der Waals surface area (Å²) in [4.78, 5) is 17.8. The highest BCUT2D eigenvalue weighted by Crippen LogP contribution is 2.29. The van der Waals surface area contributed by atoms with Gasteiger partial charge in [0.05, 0.1) is 10.9 Å². The van der Waals surface area contributed by atoms with Gasteiger partial charge in [0.1, 0.15) is 5.82 Å². The Morgan fingerprint density at radius 1 is 1.21 bits per heavy atom. The summed E-state index contributed by atoms with van der Waals surface area (Å²) in [6, 6.07) is 14.0. The van der Waals surface area contributed by atoms with Gasteiger partial charge in [-0.05, 0) is 61.6 Å². The summed E-state index contributed by atoms with van der Waals surface area (Å²) < 4.78 is 1.85. The Morgan fingerprint density at radius 3 is 2.82 bits per heavy atom. The van der Waals surface area contributed by atoms with Gasteiger partial charge in [-0.2, -0.15) is 0 Å². The number of hydrogen-bond donors (Lipinski definition) is 0. The molecule has 1 aliphatic heterocycles. The highest BCUT2D eigenvalue weighted by Gasteiger charge is 2.23. The molecule has 0 aliphatic carbocycles. The first-order valence-electron chi connectivity index (χ1n) is 9.96. The van der Waals surface area contributed by atoms with E-state index in [9.17, 15) is 4.79 Å². The molecule has 0 saturated heterocycles. The Bertz CT molecular complexity index is 1160. The van der Waals surface area contributed by atoms with Gasteiger partial charge in [0.15, 0.2) is 0 Å². The van der Waals surface area contributed by atoms with Crippen LogP contribution in [0.2, 0.25) is 0 Å². The lowest BCUT2D eigenvalue weighted by Gasteiger charge is -2.25. The molecule has 3 aromatic rings. The van der Waals surface area contributed by atoms with E-state index in [4.69, 9.17) is 4.98 Å². The summed E-state index contributed by atoms with van der Waals surface area (Å²) in [6.07, 6.45) is 5.83. The van der Waals surface area contributed by atoms with Crippen LogP contribution in [0.5, 0.6) is 0 Å². The van der Waals surface area contributed by atoms with Crippen molar-refractivity contribution in [1.82, 2.24) is 9.55 Å². The van der Waals surface area contributed by atoms with Crippen LogP contribution in [0.25, 0.3) is 10.9 Å². The summed E-state index contributed by atoms with van der Waals surface area (Å²) in [6.45, 7) is 6.75. The van der Waals surface area contributed by atoms with Crippen molar-refractivity contribution in [2.75, 3.05) is 0 Å². The standard InChI is InChI=1S/C25H24N2O/c1-3-7-21-10-6-15-27-24(21)26-23-17-20(13-14-22(23)25(27)28)12-11-19-9-5-8-18(4-2)16-19/h3,5,8-9,13-14,16-17,21H,1,4,6-7,10,15H2,2H3.